The Labute approximate surface area is 212 Å². The van der Waals surface area contributed by atoms with Crippen molar-refractivity contribution in [3.05, 3.63) is 29.1 Å². The number of hydrogen-bond donors (Lipinski definition) is 2. The standard InChI is InChI=1S/C24H32F2N4O5S/c1-4-8-24(25,26)13-17(29-23(33)30-9-11-34-12-10-30)21(32)28-16(5-2)20(31)22-27-14-18(35-22)19-7-6-15(3)36-19/h6-7,14,16-17H,4-5,8-13H2,1-3H3,(H,28,32)(H,29,33)/t16-,17-/m0/s1. The number of nitrogens with zero attached hydrogens (tertiary/aromatic N) is 2. The molecular weight excluding hydrogens is 494 g/mol. The number of carbonyl (C=O) groups is 3. The van der Waals surface area contributed by atoms with Crippen molar-refractivity contribution < 1.29 is 32.3 Å². The van der Waals surface area contributed by atoms with Crippen LogP contribution in [0.5, 0.6) is 0 Å². The van der Waals surface area contributed by atoms with E-state index in [4.69, 9.17) is 9.15 Å². The molecule has 0 aromatic carbocycles. The maximum absolute atomic E-state index is 14.5. The number of thiophene rings is 1. The minimum atomic E-state index is -3.17. The van der Waals surface area contributed by atoms with Gasteiger partial charge in [-0.05, 0) is 25.5 Å². The van der Waals surface area contributed by atoms with Gasteiger partial charge in [-0.2, -0.15) is 0 Å². The van der Waals surface area contributed by atoms with Crippen LogP contribution in [0.2, 0.25) is 0 Å². The number of ketones is 1. The molecule has 2 atom stereocenters. The summed E-state index contributed by atoms with van der Waals surface area (Å²) in [7, 11) is 0. The first-order valence-corrected chi connectivity index (χ1v) is 12.8. The summed E-state index contributed by atoms with van der Waals surface area (Å²) >= 11 is 1.48. The zero-order chi connectivity index (χ0) is 26.3. The topological polar surface area (TPSA) is 114 Å². The summed E-state index contributed by atoms with van der Waals surface area (Å²) in [6.07, 6.45) is 0.514. The summed E-state index contributed by atoms with van der Waals surface area (Å²) in [6, 6.07) is 0.550. The van der Waals surface area contributed by atoms with Crippen LogP contribution >= 0.6 is 11.3 Å². The number of amides is 3. The second-order valence-electron chi connectivity index (χ2n) is 8.69. The van der Waals surface area contributed by atoms with Gasteiger partial charge >= 0.3 is 6.03 Å². The summed E-state index contributed by atoms with van der Waals surface area (Å²) in [5.74, 6) is -4.38. The zero-order valence-electron chi connectivity index (χ0n) is 20.6. The van der Waals surface area contributed by atoms with Crippen molar-refractivity contribution in [1.29, 1.82) is 0 Å². The molecule has 3 heterocycles. The monoisotopic (exact) mass is 526 g/mol. The summed E-state index contributed by atoms with van der Waals surface area (Å²) in [5.41, 5.74) is 0. The molecule has 0 spiro atoms. The maximum Gasteiger partial charge on any atom is 0.318 e. The molecule has 1 aliphatic heterocycles. The van der Waals surface area contributed by atoms with Crippen LogP contribution in [0.3, 0.4) is 0 Å². The van der Waals surface area contributed by atoms with E-state index in [1.165, 1.54) is 22.4 Å². The van der Waals surface area contributed by atoms with Crippen LogP contribution in [0.4, 0.5) is 13.6 Å². The lowest BCUT2D eigenvalue weighted by molar-refractivity contribution is -0.126. The summed E-state index contributed by atoms with van der Waals surface area (Å²) in [4.78, 5) is 46.1. The van der Waals surface area contributed by atoms with E-state index in [1.54, 1.807) is 13.8 Å². The van der Waals surface area contributed by atoms with Gasteiger partial charge < -0.3 is 24.7 Å². The predicted octanol–water partition coefficient (Wildman–Crippen LogP) is 4.02. The number of ether oxygens (including phenoxy) is 1. The molecule has 0 saturated carbocycles. The number of Topliss-reactive ketones (excluding diaryl/α,β-unsaturated/α-hetero) is 1. The molecule has 3 rings (SSSR count). The van der Waals surface area contributed by atoms with Gasteiger partial charge in [-0.15, -0.1) is 11.3 Å². The number of aromatic nitrogens is 1. The van der Waals surface area contributed by atoms with E-state index < -0.39 is 48.6 Å². The molecule has 9 nitrogen and oxygen atoms in total. The summed E-state index contributed by atoms with van der Waals surface area (Å²) < 4.78 is 39.8. The van der Waals surface area contributed by atoms with Crippen molar-refractivity contribution in [2.75, 3.05) is 26.3 Å². The second-order valence-corrected chi connectivity index (χ2v) is 9.97. The molecule has 198 valence electrons. The Balaban J connectivity index is 1.72. The van der Waals surface area contributed by atoms with Gasteiger partial charge in [0, 0.05) is 30.8 Å². The lowest BCUT2D eigenvalue weighted by Crippen LogP contribution is -2.56. The fourth-order valence-corrected chi connectivity index (χ4v) is 4.64. The second kappa shape index (κ2) is 12.4. The van der Waals surface area contributed by atoms with Crippen LogP contribution < -0.4 is 10.6 Å². The van der Waals surface area contributed by atoms with Gasteiger partial charge in [0.05, 0.1) is 30.3 Å². The number of oxazole rings is 1. The number of aryl methyl sites for hydroxylation is 1. The van der Waals surface area contributed by atoms with Crippen LogP contribution in [-0.4, -0.2) is 71.9 Å². The van der Waals surface area contributed by atoms with Gasteiger partial charge in [-0.1, -0.05) is 20.3 Å². The Morgan fingerprint density at radius 2 is 1.89 bits per heavy atom. The lowest BCUT2D eigenvalue weighted by atomic mass is 10.0. The summed E-state index contributed by atoms with van der Waals surface area (Å²) in [5, 5.41) is 4.94. The van der Waals surface area contributed by atoms with Gasteiger partial charge in [0.15, 0.2) is 5.76 Å². The highest BCUT2D eigenvalue weighted by Crippen LogP contribution is 2.29. The molecule has 0 bridgehead atoms. The van der Waals surface area contributed by atoms with E-state index in [1.807, 2.05) is 19.1 Å². The van der Waals surface area contributed by atoms with Crippen molar-refractivity contribution in [2.45, 2.75) is 64.5 Å². The quantitative estimate of drug-likeness (QED) is 0.428. The van der Waals surface area contributed by atoms with E-state index in [2.05, 4.69) is 15.6 Å². The van der Waals surface area contributed by atoms with Gasteiger partial charge in [0.2, 0.25) is 11.7 Å². The number of hydrogen-bond acceptors (Lipinski definition) is 7. The number of halogens is 2. The van der Waals surface area contributed by atoms with Gasteiger partial charge in [0.25, 0.3) is 11.8 Å². The van der Waals surface area contributed by atoms with E-state index in [-0.39, 0.29) is 31.8 Å². The van der Waals surface area contributed by atoms with Crippen LogP contribution in [-0.2, 0) is 9.53 Å². The molecule has 1 fully saturated rings. The molecule has 1 aliphatic rings. The van der Waals surface area contributed by atoms with E-state index in [9.17, 15) is 23.2 Å². The number of urea groups is 1. The van der Waals surface area contributed by atoms with Crippen molar-refractivity contribution in [1.82, 2.24) is 20.5 Å². The smallest absolute Gasteiger partial charge is 0.318 e. The minimum Gasteiger partial charge on any atom is -0.433 e. The first kappa shape index (κ1) is 27.7. The van der Waals surface area contributed by atoms with Gasteiger partial charge in [-0.25, -0.2) is 18.6 Å². The van der Waals surface area contributed by atoms with Gasteiger partial charge in [0.1, 0.15) is 6.04 Å². The third-order valence-electron chi connectivity index (χ3n) is 5.77. The molecule has 2 aromatic rings. The fourth-order valence-electron chi connectivity index (χ4n) is 3.83. The highest BCUT2D eigenvalue weighted by molar-refractivity contribution is 7.15. The first-order valence-electron chi connectivity index (χ1n) is 12.0. The molecule has 0 unspecified atom stereocenters. The highest BCUT2D eigenvalue weighted by atomic mass is 32.1. The number of morpholine rings is 1. The highest BCUT2D eigenvalue weighted by Gasteiger charge is 2.38. The van der Waals surface area contributed by atoms with Gasteiger partial charge in [-0.3, -0.25) is 9.59 Å². The molecular formula is C24H32F2N4O5S. The lowest BCUT2D eigenvalue weighted by Gasteiger charge is -2.30. The third-order valence-corrected chi connectivity index (χ3v) is 6.79. The van der Waals surface area contributed by atoms with Crippen molar-refractivity contribution >= 4 is 29.1 Å². The van der Waals surface area contributed by atoms with Crippen LogP contribution in [0.1, 0.15) is 55.1 Å². The minimum absolute atomic E-state index is 0.176. The number of rotatable bonds is 11. The molecule has 0 aliphatic carbocycles. The Kier molecular flexibility index (Phi) is 9.55. The van der Waals surface area contributed by atoms with E-state index >= 15 is 0 Å². The Morgan fingerprint density at radius 1 is 1.17 bits per heavy atom. The van der Waals surface area contributed by atoms with Crippen LogP contribution in [0.25, 0.3) is 10.6 Å². The number of alkyl halides is 2. The molecule has 1 saturated heterocycles. The van der Waals surface area contributed by atoms with E-state index in [0.717, 1.165) is 9.75 Å². The predicted molar refractivity (Wildman–Crippen MR) is 130 cm³/mol. The average molecular weight is 527 g/mol. The van der Waals surface area contributed by atoms with E-state index in [0.29, 0.717) is 19.0 Å². The normalized spacial score (nSPS) is 15.9. The van der Waals surface area contributed by atoms with Crippen LogP contribution in [0, 0.1) is 6.92 Å². The largest absolute Gasteiger partial charge is 0.433 e. The Morgan fingerprint density at radius 3 is 2.50 bits per heavy atom. The van der Waals surface area contributed by atoms with Crippen molar-refractivity contribution in [3.63, 3.8) is 0 Å². The molecule has 2 N–H and O–H groups in total. The third kappa shape index (κ3) is 7.33. The molecule has 36 heavy (non-hydrogen) atoms. The summed E-state index contributed by atoms with van der Waals surface area (Å²) in [6.45, 7) is 6.45. The average Bonchev–Trinajstić information content (AvgIpc) is 3.51. The number of carbonyl (C=O) groups excluding carboxylic acids is 3. The maximum atomic E-state index is 14.5. The molecule has 0 radical (unpaired) electrons. The SMILES string of the molecule is CCCC(F)(F)C[C@H](NC(=O)N1CCOCC1)C(=O)N[C@@H](CC)C(=O)c1ncc(-c2ccc(C)s2)o1. The Hall–Kier alpha value is -2.86. The fraction of sp³-hybridized carbons (Fsp3) is 0.583. The molecule has 2 aromatic heterocycles. The van der Waals surface area contributed by atoms with Crippen molar-refractivity contribution in [2.24, 2.45) is 0 Å². The number of nitrogens with one attached hydrogen (secondary N) is 2. The van der Waals surface area contributed by atoms with Crippen molar-refractivity contribution in [3.8, 4) is 10.6 Å². The Bertz CT molecular complexity index is 1050. The first-order chi connectivity index (χ1) is 17.1. The molecule has 12 heteroatoms. The van der Waals surface area contributed by atoms with Crippen LogP contribution in [0.15, 0.2) is 22.7 Å². The zero-order valence-corrected chi connectivity index (χ0v) is 21.5. The molecule has 3 amide bonds.